The van der Waals surface area contributed by atoms with Crippen molar-refractivity contribution < 1.29 is 4.79 Å². The van der Waals surface area contributed by atoms with E-state index in [0.717, 1.165) is 19.4 Å². The van der Waals surface area contributed by atoms with Crippen LogP contribution in [-0.2, 0) is 11.2 Å². The molecule has 0 radical (unpaired) electrons. The Hall–Kier alpha value is -1.17. The fourth-order valence-electron chi connectivity index (χ4n) is 2.93. The Morgan fingerprint density at radius 1 is 1.41 bits per heavy atom. The molecule has 0 saturated heterocycles. The summed E-state index contributed by atoms with van der Waals surface area (Å²) in [6, 6.07) is 6.98. The van der Waals surface area contributed by atoms with Gasteiger partial charge in [-0.05, 0) is 48.2 Å². The van der Waals surface area contributed by atoms with Crippen LogP contribution in [0.1, 0.15) is 41.6 Å². The third-order valence-electron chi connectivity index (χ3n) is 4.24. The van der Waals surface area contributed by atoms with Crippen LogP contribution in [0, 0.1) is 0 Å². The maximum Gasteiger partial charge on any atom is 0.234 e. The molecule has 118 valence electrons. The van der Waals surface area contributed by atoms with Crippen LogP contribution in [0.25, 0.3) is 0 Å². The van der Waals surface area contributed by atoms with Gasteiger partial charge < -0.3 is 5.32 Å². The van der Waals surface area contributed by atoms with Crippen molar-refractivity contribution in [2.45, 2.75) is 38.8 Å². The van der Waals surface area contributed by atoms with Crippen LogP contribution in [0.2, 0.25) is 0 Å². The van der Waals surface area contributed by atoms with Crippen molar-refractivity contribution >= 4 is 28.6 Å². The zero-order chi connectivity index (χ0) is 15.5. The van der Waals surface area contributed by atoms with Crippen LogP contribution in [0.5, 0.6) is 0 Å². The number of nitrogens with one attached hydrogen (secondary N) is 1. The number of amides is 1. The van der Waals surface area contributed by atoms with Crippen molar-refractivity contribution in [3.8, 4) is 0 Å². The lowest BCUT2D eigenvalue weighted by Gasteiger charge is -2.35. The Balaban J connectivity index is 1.80. The second kappa shape index (κ2) is 6.94. The van der Waals surface area contributed by atoms with E-state index in [1.54, 1.807) is 11.3 Å². The summed E-state index contributed by atoms with van der Waals surface area (Å²) < 4.78 is 0. The van der Waals surface area contributed by atoms with Crippen LogP contribution in [0.4, 0.5) is 0 Å². The van der Waals surface area contributed by atoms with Crippen LogP contribution in [-0.4, -0.2) is 29.9 Å². The summed E-state index contributed by atoms with van der Waals surface area (Å²) in [5.74, 6) is 0.134. The smallest absolute Gasteiger partial charge is 0.234 e. The highest BCUT2D eigenvalue weighted by Gasteiger charge is 2.31. The number of nitrogens with zero attached hydrogens (tertiary/aromatic N) is 1. The largest absolute Gasteiger partial charge is 0.353 e. The van der Waals surface area contributed by atoms with E-state index >= 15 is 0 Å². The first-order valence-corrected chi connectivity index (χ1v) is 9.58. The molecule has 2 atom stereocenters. The van der Waals surface area contributed by atoms with Crippen molar-refractivity contribution in [2.75, 3.05) is 13.1 Å². The molecule has 22 heavy (non-hydrogen) atoms. The van der Waals surface area contributed by atoms with Crippen molar-refractivity contribution in [1.82, 2.24) is 10.2 Å². The first kappa shape index (κ1) is 15.7. The van der Waals surface area contributed by atoms with E-state index in [-0.39, 0.29) is 18.0 Å². The molecule has 0 unspecified atom stereocenters. The highest BCUT2D eigenvalue weighted by Crippen LogP contribution is 2.39. The predicted octanol–water partition coefficient (Wildman–Crippen LogP) is 3.67. The monoisotopic (exact) mass is 334 g/mol. The molecule has 1 N–H and O–H groups in total. The summed E-state index contributed by atoms with van der Waals surface area (Å²) in [4.78, 5) is 17.4. The average Bonchev–Trinajstić information content (AvgIpc) is 3.17. The summed E-state index contributed by atoms with van der Waals surface area (Å²) in [5, 5.41) is 7.38. The van der Waals surface area contributed by atoms with E-state index in [2.05, 4.69) is 53.0 Å². The molecule has 1 amide bonds. The van der Waals surface area contributed by atoms with E-state index in [1.807, 2.05) is 11.3 Å². The van der Waals surface area contributed by atoms with Crippen molar-refractivity contribution in [3.63, 3.8) is 0 Å². The molecule has 0 aromatic carbocycles. The van der Waals surface area contributed by atoms with Gasteiger partial charge in [-0.25, -0.2) is 0 Å². The fraction of sp³-hybridized carbons (Fsp3) is 0.471. The van der Waals surface area contributed by atoms with Crippen LogP contribution in [0.3, 0.4) is 0 Å². The van der Waals surface area contributed by atoms with Crippen LogP contribution < -0.4 is 5.32 Å². The minimum Gasteiger partial charge on any atom is -0.353 e. The minimum atomic E-state index is 0.134. The lowest BCUT2D eigenvalue weighted by atomic mass is 9.98. The van der Waals surface area contributed by atoms with Crippen molar-refractivity contribution in [3.05, 3.63) is 44.3 Å². The van der Waals surface area contributed by atoms with Gasteiger partial charge in [-0.3, -0.25) is 9.69 Å². The summed E-state index contributed by atoms with van der Waals surface area (Å²) in [7, 11) is 0. The number of rotatable bonds is 5. The summed E-state index contributed by atoms with van der Waals surface area (Å²) in [6.07, 6.45) is 2.01. The summed E-state index contributed by atoms with van der Waals surface area (Å²) in [6.45, 7) is 5.58. The maximum absolute atomic E-state index is 12.3. The number of carbonyl (C=O) groups is 1. The SMILES string of the molecule is CC[C@@H](C)NC(=O)CN1CCc2sccc2[C@H]1c1cccs1. The molecule has 0 bridgehead atoms. The Labute approximate surface area is 140 Å². The predicted molar refractivity (Wildman–Crippen MR) is 93.7 cm³/mol. The summed E-state index contributed by atoms with van der Waals surface area (Å²) >= 11 is 3.62. The molecule has 0 saturated carbocycles. The van der Waals surface area contributed by atoms with E-state index in [1.165, 1.54) is 15.3 Å². The minimum absolute atomic E-state index is 0.134. The van der Waals surface area contributed by atoms with Crippen LogP contribution >= 0.6 is 22.7 Å². The Bertz CT molecular complexity index is 620. The third kappa shape index (κ3) is 3.26. The molecule has 1 aliphatic heterocycles. The molecule has 3 rings (SSSR count). The number of fused-ring (bicyclic) bond motifs is 1. The van der Waals surface area contributed by atoms with E-state index < -0.39 is 0 Å². The zero-order valence-electron chi connectivity index (χ0n) is 13.0. The number of thiophene rings is 2. The molecular weight excluding hydrogens is 312 g/mol. The summed E-state index contributed by atoms with van der Waals surface area (Å²) in [5.41, 5.74) is 1.38. The number of hydrogen-bond acceptors (Lipinski definition) is 4. The number of carbonyl (C=O) groups excluding carboxylic acids is 1. The second-order valence-corrected chi connectivity index (χ2v) is 7.79. The molecule has 3 heterocycles. The normalized spacial score (nSPS) is 19.6. The first-order chi connectivity index (χ1) is 10.7. The van der Waals surface area contributed by atoms with E-state index in [4.69, 9.17) is 0 Å². The van der Waals surface area contributed by atoms with E-state index in [0.29, 0.717) is 6.54 Å². The van der Waals surface area contributed by atoms with Gasteiger partial charge in [0.25, 0.3) is 0 Å². The fourth-order valence-corrected chi connectivity index (χ4v) is 4.71. The highest BCUT2D eigenvalue weighted by atomic mass is 32.1. The van der Waals surface area contributed by atoms with Crippen molar-refractivity contribution in [2.24, 2.45) is 0 Å². The maximum atomic E-state index is 12.3. The molecule has 5 heteroatoms. The van der Waals surface area contributed by atoms with Crippen LogP contribution in [0.15, 0.2) is 29.0 Å². The molecule has 0 fully saturated rings. The molecule has 1 aliphatic rings. The van der Waals surface area contributed by atoms with Gasteiger partial charge in [-0.1, -0.05) is 13.0 Å². The highest BCUT2D eigenvalue weighted by molar-refractivity contribution is 7.10. The van der Waals surface area contributed by atoms with E-state index in [9.17, 15) is 4.79 Å². The lowest BCUT2D eigenvalue weighted by Crippen LogP contribution is -2.44. The van der Waals surface area contributed by atoms with Gasteiger partial charge in [-0.15, -0.1) is 22.7 Å². The van der Waals surface area contributed by atoms with Gasteiger partial charge in [-0.2, -0.15) is 0 Å². The molecule has 0 aliphatic carbocycles. The topological polar surface area (TPSA) is 32.3 Å². The molecule has 3 nitrogen and oxygen atoms in total. The van der Waals surface area contributed by atoms with Gasteiger partial charge in [0.1, 0.15) is 0 Å². The zero-order valence-corrected chi connectivity index (χ0v) is 14.7. The van der Waals surface area contributed by atoms with Gasteiger partial charge in [0.15, 0.2) is 0 Å². The lowest BCUT2D eigenvalue weighted by molar-refractivity contribution is -0.123. The van der Waals surface area contributed by atoms with Gasteiger partial charge in [0.05, 0.1) is 12.6 Å². The third-order valence-corrected chi connectivity index (χ3v) is 6.17. The standard InChI is InChI=1S/C17H22N2OS2/c1-3-12(2)18-16(20)11-19-8-6-14-13(7-10-22-14)17(19)15-5-4-9-21-15/h4-5,7,9-10,12,17H,3,6,8,11H2,1-2H3,(H,18,20)/t12-,17+/m1/s1. The van der Waals surface area contributed by atoms with Gasteiger partial charge in [0, 0.05) is 22.3 Å². The molecular formula is C17H22N2OS2. The van der Waals surface area contributed by atoms with Crippen molar-refractivity contribution in [1.29, 1.82) is 0 Å². The first-order valence-electron chi connectivity index (χ1n) is 7.82. The Morgan fingerprint density at radius 2 is 2.27 bits per heavy atom. The molecule has 0 spiro atoms. The molecule has 2 aromatic heterocycles. The molecule has 2 aromatic rings. The number of hydrogen-bond donors (Lipinski definition) is 1. The van der Waals surface area contributed by atoms with Gasteiger partial charge >= 0.3 is 0 Å². The quantitative estimate of drug-likeness (QED) is 0.905. The Morgan fingerprint density at radius 3 is 3.00 bits per heavy atom. The average molecular weight is 335 g/mol. The Kier molecular flexibility index (Phi) is 4.96. The second-order valence-electron chi connectivity index (χ2n) is 5.81. The van der Waals surface area contributed by atoms with Gasteiger partial charge in [0.2, 0.25) is 5.91 Å².